The third-order valence-corrected chi connectivity index (χ3v) is 2.96. The highest BCUT2D eigenvalue weighted by Gasteiger charge is 2.52. The monoisotopic (exact) mass is 186 g/mol. The molecule has 2 fully saturated rings. The average Bonchev–Trinajstić information content (AvgIpc) is 2.36. The molecular weight excluding hydrogens is 172 g/mol. The third-order valence-electron chi connectivity index (χ3n) is 2.96. The molecule has 13 heavy (non-hydrogen) atoms. The van der Waals surface area contributed by atoms with E-state index in [2.05, 4.69) is 0 Å². The maximum absolute atomic E-state index is 11.3. The van der Waals surface area contributed by atoms with E-state index in [4.69, 9.17) is 14.2 Å². The number of esters is 1. The molecule has 5 atom stereocenters. The number of hydrogen-bond acceptors (Lipinski definition) is 4. The maximum Gasteiger partial charge on any atom is 0.313 e. The Kier molecular flexibility index (Phi) is 2.04. The van der Waals surface area contributed by atoms with Crippen LogP contribution in [0.4, 0.5) is 0 Å². The van der Waals surface area contributed by atoms with Crippen LogP contribution in [0.1, 0.15) is 13.8 Å². The van der Waals surface area contributed by atoms with Crippen molar-refractivity contribution in [3.05, 3.63) is 0 Å². The van der Waals surface area contributed by atoms with E-state index in [0.717, 1.165) is 0 Å². The minimum atomic E-state index is -0.492. The molecule has 2 saturated heterocycles. The largest absolute Gasteiger partial charge is 0.433 e. The highest BCUT2D eigenvalue weighted by molar-refractivity contribution is 5.74. The molecule has 2 aliphatic heterocycles. The van der Waals surface area contributed by atoms with E-state index < -0.39 is 6.29 Å². The lowest BCUT2D eigenvalue weighted by Gasteiger charge is -2.26. The third kappa shape index (κ3) is 1.16. The van der Waals surface area contributed by atoms with Gasteiger partial charge in [-0.2, -0.15) is 0 Å². The first-order valence-corrected chi connectivity index (χ1v) is 4.54. The van der Waals surface area contributed by atoms with Crippen molar-refractivity contribution >= 4 is 5.97 Å². The first kappa shape index (κ1) is 8.97. The van der Waals surface area contributed by atoms with Gasteiger partial charge in [0.25, 0.3) is 0 Å². The second kappa shape index (κ2) is 2.96. The van der Waals surface area contributed by atoms with E-state index in [9.17, 15) is 4.79 Å². The molecule has 4 nitrogen and oxygen atoms in total. The summed E-state index contributed by atoms with van der Waals surface area (Å²) >= 11 is 0. The highest BCUT2D eigenvalue weighted by atomic mass is 16.7. The van der Waals surface area contributed by atoms with Crippen LogP contribution >= 0.6 is 0 Å². The van der Waals surface area contributed by atoms with E-state index in [1.54, 1.807) is 7.11 Å². The maximum atomic E-state index is 11.3. The lowest BCUT2D eigenvalue weighted by Crippen LogP contribution is -2.37. The van der Waals surface area contributed by atoms with Gasteiger partial charge >= 0.3 is 5.97 Å². The molecule has 1 unspecified atom stereocenters. The fraction of sp³-hybridized carbons (Fsp3) is 0.889. The van der Waals surface area contributed by atoms with Crippen molar-refractivity contribution in [3.8, 4) is 0 Å². The molecule has 0 N–H and O–H groups in total. The van der Waals surface area contributed by atoms with E-state index in [0.29, 0.717) is 0 Å². The van der Waals surface area contributed by atoms with Crippen LogP contribution in [0.5, 0.6) is 0 Å². The van der Waals surface area contributed by atoms with Gasteiger partial charge in [-0.25, -0.2) is 0 Å². The zero-order valence-electron chi connectivity index (χ0n) is 8.02. The molecule has 0 spiro atoms. The molecule has 0 saturated carbocycles. The lowest BCUT2D eigenvalue weighted by atomic mass is 9.93. The Hall–Kier alpha value is -0.610. The van der Waals surface area contributed by atoms with Crippen LogP contribution in [0, 0.1) is 11.8 Å². The highest BCUT2D eigenvalue weighted by Crippen LogP contribution is 2.38. The first-order chi connectivity index (χ1) is 6.15. The van der Waals surface area contributed by atoms with Gasteiger partial charge in [0.2, 0.25) is 6.29 Å². The fourth-order valence-corrected chi connectivity index (χ4v) is 2.14. The predicted molar refractivity (Wildman–Crippen MR) is 43.9 cm³/mol. The Balaban J connectivity index is 2.22. The van der Waals surface area contributed by atoms with Gasteiger partial charge in [0.15, 0.2) is 0 Å². The Labute approximate surface area is 77.1 Å². The van der Waals surface area contributed by atoms with Gasteiger partial charge in [0, 0.05) is 13.0 Å². The molecule has 0 aromatic rings. The first-order valence-electron chi connectivity index (χ1n) is 4.54. The Morgan fingerprint density at radius 3 is 2.69 bits per heavy atom. The van der Waals surface area contributed by atoms with Gasteiger partial charge in [-0.1, -0.05) is 6.92 Å². The summed E-state index contributed by atoms with van der Waals surface area (Å²) in [5.41, 5.74) is 0. The van der Waals surface area contributed by atoms with Gasteiger partial charge in [-0.15, -0.1) is 0 Å². The van der Waals surface area contributed by atoms with E-state index in [1.165, 1.54) is 0 Å². The summed E-state index contributed by atoms with van der Waals surface area (Å²) in [6.07, 6.45) is -0.649. The Morgan fingerprint density at radius 1 is 1.38 bits per heavy atom. The standard InChI is InChI=1S/C9H14O4/c1-4-6-5(2)8(10)13-9(12-6)7(4)11-3/h4-7,9H,1-3H3/t4-,5+,6+,7?,9+/m1/s1. The van der Waals surface area contributed by atoms with Gasteiger partial charge in [0.1, 0.15) is 6.10 Å². The van der Waals surface area contributed by atoms with Crippen molar-refractivity contribution in [1.82, 2.24) is 0 Å². The van der Waals surface area contributed by atoms with Crippen LogP contribution in [0.25, 0.3) is 0 Å². The van der Waals surface area contributed by atoms with E-state index in [-0.39, 0.29) is 30.0 Å². The quantitative estimate of drug-likeness (QED) is 0.561. The summed E-state index contributed by atoms with van der Waals surface area (Å²) in [6, 6.07) is 0. The van der Waals surface area contributed by atoms with Gasteiger partial charge in [-0.05, 0) is 6.92 Å². The van der Waals surface area contributed by atoms with Crippen molar-refractivity contribution in [1.29, 1.82) is 0 Å². The van der Waals surface area contributed by atoms with Crippen molar-refractivity contribution in [2.24, 2.45) is 11.8 Å². The second-order valence-electron chi connectivity index (χ2n) is 3.75. The minimum absolute atomic E-state index is 0.0452. The Morgan fingerprint density at radius 2 is 2.08 bits per heavy atom. The van der Waals surface area contributed by atoms with Crippen molar-refractivity contribution in [2.75, 3.05) is 7.11 Å². The average molecular weight is 186 g/mol. The molecule has 0 aromatic heterocycles. The van der Waals surface area contributed by atoms with Crippen LogP contribution in [-0.2, 0) is 19.0 Å². The van der Waals surface area contributed by atoms with E-state index >= 15 is 0 Å². The smallest absolute Gasteiger partial charge is 0.313 e. The molecular formula is C9H14O4. The summed E-state index contributed by atoms with van der Waals surface area (Å²) in [6.45, 7) is 3.86. The second-order valence-corrected chi connectivity index (χ2v) is 3.75. The summed E-state index contributed by atoms with van der Waals surface area (Å²) in [7, 11) is 1.61. The molecule has 0 amide bonds. The summed E-state index contributed by atoms with van der Waals surface area (Å²) in [4.78, 5) is 11.3. The van der Waals surface area contributed by atoms with Crippen LogP contribution < -0.4 is 0 Å². The van der Waals surface area contributed by atoms with E-state index in [1.807, 2.05) is 13.8 Å². The number of ether oxygens (including phenoxy) is 3. The molecule has 0 aromatic carbocycles. The number of fused-ring (bicyclic) bond motifs is 2. The van der Waals surface area contributed by atoms with Crippen LogP contribution in [0.3, 0.4) is 0 Å². The molecule has 2 heterocycles. The van der Waals surface area contributed by atoms with Gasteiger partial charge in [-0.3, -0.25) is 4.79 Å². The predicted octanol–water partition coefficient (Wildman–Crippen LogP) is 0.555. The van der Waals surface area contributed by atoms with Gasteiger partial charge < -0.3 is 14.2 Å². The summed E-state index contributed by atoms with van der Waals surface area (Å²) < 4.78 is 15.8. The molecule has 74 valence electrons. The van der Waals surface area contributed by atoms with Crippen LogP contribution in [0.15, 0.2) is 0 Å². The minimum Gasteiger partial charge on any atom is -0.433 e. The van der Waals surface area contributed by atoms with Gasteiger partial charge in [0.05, 0.1) is 12.0 Å². The molecule has 0 aliphatic carbocycles. The lowest BCUT2D eigenvalue weighted by molar-refractivity contribution is -0.219. The summed E-state index contributed by atoms with van der Waals surface area (Å²) in [5.74, 6) is -0.129. The number of methoxy groups -OCH3 is 1. The molecule has 2 bridgehead atoms. The van der Waals surface area contributed by atoms with Crippen LogP contribution in [0.2, 0.25) is 0 Å². The molecule has 2 aliphatic rings. The van der Waals surface area contributed by atoms with Crippen molar-refractivity contribution < 1.29 is 19.0 Å². The molecule has 4 heteroatoms. The number of rotatable bonds is 1. The molecule has 0 radical (unpaired) electrons. The molecule has 2 rings (SSSR count). The fourth-order valence-electron chi connectivity index (χ4n) is 2.14. The number of carbonyl (C=O) groups is 1. The zero-order chi connectivity index (χ0) is 9.59. The zero-order valence-corrected chi connectivity index (χ0v) is 8.02. The Bertz CT molecular complexity index is 228. The van der Waals surface area contributed by atoms with Crippen LogP contribution in [-0.4, -0.2) is 31.6 Å². The number of hydrogen-bond donors (Lipinski definition) is 0. The number of carbonyl (C=O) groups excluding carboxylic acids is 1. The topological polar surface area (TPSA) is 44.8 Å². The van der Waals surface area contributed by atoms with Crippen molar-refractivity contribution in [2.45, 2.75) is 32.3 Å². The van der Waals surface area contributed by atoms with Crippen molar-refractivity contribution in [3.63, 3.8) is 0 Å². The normalized spacial score (nSPS) is 49.2. The SMILES string of the molecule is COC1[C@@H]2OC(=O)[C@@H](C)[C@@H](O2)[C@H]1C. The summed E-state index contributed by atoms with van der Waals surface area (Å²) in [5, 5.41) is 0.